The first-order valence-corrected chi connectivity index (χ1v) is 10.2. The van der Waals surface area contributed by atoms with E-state index in [9.17, 15) is 9.59 Å². The van der Waals surface area contributed by atoms with Crippen LogP contribution in [0.2, 0.25) is 0 Å². The van der Waals surface area contributed by atoms with Gasteiger partial charge in [-0.15, -0.1) is 11.8 Å². The molecule has 1 aliphatic rings. The number of primary amides is 1. The predicted octanol–water partition coefficient (Wildman–Crippen LogP) is 5.06. The van der Waals surface area contributed by atoms with Gasteiger partial charge in [-0.1, -0.05) is 54.6 Å². The van der Waals surface area contributed by atoms with Crippen molar-refractivity contribution in [2.24, 2.45) is 11.7 Å². The number of fused-ring (bicyclic) bond motifs is 1. The number of ketones is 1. The Morgan fingerprint density at radius 1 is 0.929 bits per heavy atom. The quantitative estimate of drug-likeness (QED) is 0.622. The third-order valence-corrected chi connectivity index (χ3v) is 6.64. The second-order valence-electron chi connectivity index (χ2n) is 7.00. The zero-order chi connectivity index (χ0) is 19.5. The summed E-state index contributed by atoms with van der Waals surface area (Å²) in [5.41, 5.74) is 8.88. The van der Waals surface area contributed by atoms with Crippen LogP contribution in [0.4, 0.5) is 0 Å². The Morgan fingerprint density at radius 2 is 1.61 bits per heavy atom. The number of nitrogens with two attached hydrogens (primary N) is 1. The van der Waals surface area contributed by atoms with Crippen molar-refractivity contribution in [3.63, 3.8) is 0 Å². The number of carbonyl (C=O) groups excluding carboxylic acids is 2. The van der Waals surface area contributed by atoms with E-state index < -0.39 is 5.91 Å². The smallest absolute Gasteiger partial charge is 0.248 e. The molecule has 3 aromatic rings. The second kappa shape index (κ2) is 8.03. The number of amides is 1. The van der Waals surface area contributed by atoms with Gasteiger partial charge in [-0.2, -0.15) is 0 Å². The maximum Gasteiger partial charge on any atom is 0.248 e. The molecule has 28 heavy (non-hydrogen) atoms. The van der Waals surface area contributed by atoms with E-state index in [0.717, 1.165) is 34.4 Å². The molecule has 3 nitrogen and oxygen atoms in total. The summed E-state index contributed by atoms with van der Waals surface area (Å²) in [4.78, 5) is 25.9. The van der Waals surface area contributed by atoms with Crippen LogP contribution in [0.15, 0.2) is 83.8 Å². The van der Waals surface area contributed by atoms with Crippen molar-refractivity contribution >= 4 is 23.5 Å². The number of thioether (sulfide) groups is 1. The zero-order valence-electron chi connectivity index (χ0n) is 15.4. The lowest BCUT2D eigenvalue weighted by molar-refractivity contribution is 0.0898. The lowest BCUT2D eigenvalue weighted by atomic mass is 9.79. The second-order valence-corrected chi connectivity index (χ2v) is 8.22. The summed E-state index contributed by atoms with van der Waals surface area (Å²) < 4.78 is 0. The summed E-state index contributed by atoms with van der Waals surface area (Å²) in [6.45, 7) is 0. The standard InChI is InChI=1S/C24H21NO2S/c25-24(27)18-12-10-17(11-13-18)23(28-19-7-2-1-3-8-19)21-15-14-16-6-4-5-9-20(16)22(21)26/h1-13,21,23H,14-15H2,(H2,25,27). The average molecular weight is 388 g/mol. The molecule has 4 rings (SSSR count). The van der Waals surface area contributed by atoms with Crippen LogP contribution in [0.3, 0.4) is 0 Å². The van der Waals surface area contributed by atoms with Gasteiger partial charge in [-0.25, -0.2) is 0 Å². The SMILES string of the molecule is NC(=O)c1ccc(C(Sc2ccccc2)C2CCc3ccccc3C2=O)cc1. The molecular formula is C24H21NO2S. The molecule has 2 N–H and O–H groups in total. The van der Waals surface area contributed by atoms with E-state index in [-0.39, 0.29) is 17.0 Å². The maximum absolute atomic E-state index is 13.3. The molecule has 0 aromatic heterocycles. The molecule has 140 valence electrons. The van der Waals surface area contributed by atoms with E-state index in [2.05, 4.69) is 12.1 Å². The van der Waals surface area contributed by atoms with Gasteiger partial charge in [0.1, 0.15) is 0 Å². The third kappa shape index (κ3) is 3.73. The monoisotopic (exact) mass is 387 g/mol. The largest absolute Gasteiger partial charge is 0.366 e. The molecule has 4 heteroatoms. The van der Waals surface area contributed by atoms with Crippen molar-refractivity contribution in [3.8, 4) is 0 Å². The molecule has 0 radical (unpaired) electrons. The average Bonchev–Trinajstić information content (AvgIpc) is 2.74. The minimum Gasteiger partial charge on any atom is -0.366 e. The number of hydrogen-bond donors (Lipinski definition) is 1. The molecule has 2 unspecified atom stereocenters. The first kappa shape index (κ1) is 18.5. The highest BCUT2D eigenvalue weighted by atomic mass is 32.2. The normalized spacial score (nSPS) is 17.0. The van der Waals surface area contributed by atoms with Crippen LogP contribution in [0, 0.1) is 5.92 Å². The molecule has 0 spiro atoms. The van der Waals surface area contributed by atoms with Crippen LogP contribution in [-0.4, -0.2) is 11.7 Å². The van der Waals surface area contributed by atoms with Gasteiger partial charge in [0.15, 0.2) is 5.78 Å². The Kier molecular flexibility index (Phi) is 5.31. The molecule has 0 fully saturated rings. The lowest BCUT2D eigenvalue weighted by Crippen LogP contribution is -2.27. The lowest BCUT2D eigenvalue weighted by Gasteiger charge is -2.30. The van der Waals surface area contributed by atoms with E-state index in [1.807, 2.05) is 54.6 Å². The minimum absolute atomic E-state index is 0.0230. The fourth-order valence-corrected chi connectivity index (χ4v) is 5.10. The van der Waals surface area contributed by atoms with Gasteiger partial charge >= 0.3 is 0 Å². The fraction of sp³-hybridized carbons (Fsp3) is 0.167. The van der Waals surface area contributed by atoms with E-state index in [1.165, 1.54) is 0 Å². The van der Waals surface area contributed by atoms with Crippen molar-refractivity contribution in [1.29, 1.82) is 0 Å². The van der Waals surface area contributed by atoms with Crippen LogP contribution < -0.4 is 5.73 Å². The molecule has 1 amide bonds. The molecule has 0 bridgehead atoms. The maximum atomic E-state index is 13.3. The fourth-order valence-electron chi connectivity index (χ4n) is 3.77. The van der Waals surface area contributed by atoms with E-state index in [4.69, 9.17) is 5.73 Å². The molecule has 1 aliphatic carbocycles. The highest BCUT2D eigenvalue weighted by Gasteiger charge is 2.35. The van der Waals surface area contributed by atoms with Crippen LogP contribution in [0.1, 0.15) is 43.5 Å². The van der Waals surface area contributed by atoms with Gasteiger partial charge in [-0.3, -0.25) is 9.59 Å². The number of carbonyl (C=O) groups is 2. The summed E-state index contributed by atoms with van der Waals surface area (Å²) in [7, 11) is 0. The van der Waals surface area contributed by atoms with E-state index in [0.29, 0.717) is 5.56 Å². The predicted molar refractivity (Wildman–Crippen MR) is 113 cm³/mol. The third-order valence-electron chi connectivity index (χ3n) is 5.24. The zero-order valence-corrected chi connectivity index (χ0v) is 16.2. The Bertz CT molecular complexity index is 999. The Labute approximate surface area is 169 Å². The van der Waals surface area contributed by atoms with E-state index in [1.54, 1.807) is 23.9 Å². The topological polar surface area (TPSA) is 60.2 Å². The van der Waals surface area contributed by atoms with Crippen LogP contribution in [0.25, 0.3) is 0 Å². The molecule has 0 heterocycles. The van der Waals surface area contributed by atoms with E-state index >= 15 is 0 Å². The summed E-state index contributed by atoms with van der Waals surface area (Å²) in [6.07, 6.45) is 1.72. The molecule has 3 aromatic carbocycles. The highest BCUT2D eigenvalue weighted by Crippen LogP contribution is 2.45. The number of Topliss-reactive ketones (excluding diaryl/α,β-unsaturated/α-hetero) is 1. The number of hydrogen-bond acceptors (Lipinski definition) is 3. The minimum atomic E-state index is -0.443. The first-order valence-electron chi connectivity index (χ1n) is 9.37. The van der Waals surface area contributed by atoms with Crippen molar-refractivity contribution in [2.45, 2.75) is 23.0 Å². The van der Waals surface area contributed by atoms with Gasteiger partial charge < -0.3 is 5.73 Å². The van der Waals surface area contributed by atoms with Crippen molar-refractivity contribution in [2.75, 3.05) is 0 Å². The van der Waals surface area contributed by atoms with Crippen molar-refractivity contribution < 1.29 is 9.59 Å². The highest BCUT2D eigenvalue weighted by molar-refractivity contribution is 7.99. The van der Waals surface area contributed by atoms with Crippen LogP contribution >= 0.6 is 11.8 Å². The first-order chi connectivity index (χ1) is 13.6. The summed E-state index contributed by atoms with van der Waals surface area (Å²) >= 11 is 1.70. The number of rotatable bonds is 5. The van der Waals surface area contributed by atoms with Gasteiger partial charge in [0.2, 0.25) is 5.91 Å². The Hall–Kier alpha value is -2.85. The summed E-state index contributed by atoms with van der Waals surface area (Å²) in [5.74, 6) is -0.352. The van der Waals surface area contributed by atoms with Gasteiger partial charge in [0, 0.05) is 27.2 Å². The molecule has 0 saturated carbocycles. The van der Waals surface area contributed by atoms with Crippen LogP contribution in [0.5, 0.6) is 0 Å². The number of benzene rings is 3. The molecule has 0 saturated heterocycles. The molecule has 2 atom stereocenters. The van der Waals surface area contributed by atoms with Crippen LogP contribution in [-0.2, 0) is 6.42 Å². The summed E-state index contributed by atoms with van der Waals surface area (Å²) in [6, 6.07) is 25.4. The van der Waals surface area contributed by atoms with Gasteiger partial charge in [-0.05, 0) is 48.2 Å². The Balaban J connectivity index is 1.71. The van der Waals surface area contributed by atoms with Gasteiger partial charge in [0.05, 0.1) is 0 Å². The van der Waals surface area contributed by atoms with Crippen molar-refractivity contribution in [3.05, 3.63) is 101 Å². The summed E-state index contributed by atoms with van der Waals surface area (Å²) in [5, 5.41) is -0.0230. The Morgan fingerprint density at radius 3 is 2.32 bits per heavy atom. The number of aryl methyl sites for hydroxylation is 1. The molecule has 0 aliphatic heterocycles. The van der Waals surface area contributed by atoms with Gasteiger partial charge in [0.25, 0.3) is 0 Å². The van der Waals surface area contributed by atoms with Crippen molar-refractivity contribution in [1.82, 2.24) is 0 Å². The molecular weight excluding hydrogens is 366 g/mol.